The highest BCUT2D eigenvalue weighted by Gasteiger charge is 2.16. The third kappa shape index (κ3) is 2.73. The van der Waals surface area contributed by atoms with Crippen LogP contribution in [-0.2, 0) is 7.05 Å². The highest BCUT2D eigenvalue weighted by Crippen LogP contribution is 2.16. The molecule has 5 heteroatoms. The first-order valence-electron chi connectivity index (χ1n) is 7.32. The number of hydrogen-bond acceptors (Lipinski definition) is 3. The highest BCUT2D eigenvalue weighted by molar-refractivity contribution is 6.03. The molecule has 1 N–H and O–H groups in total. The molecule has 5 nitrogen and oxygen atoms in total. The lowest BCUT2D eigenvalue weighted by atomic mass is 10.1. The van der Waals surface area contributed by atoms with Gasteiger partial charge in [0.15, 0.2) is 5.69 Å². The van der Waals surface area contributed by atoms with Crippen LogP contribution in [0.1, 0.15) is 21.6 Å². The fourth-order valence-corrected chi connectivity index (χ4v) is 2.44. The molecule has 2 aromatic carbocycles. The zero-order valence-corrected chi connectivity index (χ0v) is 13.3. The van der Waals surface area contributed by atoms with Gasteiger partial charge >= 0.3 is 0 Å². The van der Waals surface area contributed by atoms with E-state index in [1.807, 2.05) is 44.2 Å². The lowest BCUT2D eigenvalue weighted by Crippen LogP contribution is -2.29. The minimum absolute atomic E-state index is 0.105. The molecule has 0 bridgehead atoms. The van der Waals surface area contributed by atoms with Crippen LogP contribution >= 0.6 is 0 Å². The monoisotopic (exact) mass is 307 g/mol. The summed E-state index contributed by atoms with van der Waals surface area (Å²) in [5, 5.41) is 2.70. The topological polar surface area (TPSA) is 64.0 Å². The average molecular weight is 307 g/mol. The van der Waals surface area contributed by atoms with Gasteiger partial charge in [0.05, 0.1) is 11.0 Å². The molecule has 116 valence electrons. The number of hydrogen-bond donors (Lipinski definition) is 1. The van der Waals surface area contributed by atoms with Crippen molar-refractivity contribution < 1.29 is 4.79 Å². The molecule has 0 fully saturated rings. The number of aromatic nitrogens is 2. The Morgan fingerprint density at radius 2 is 1.74 bits per heavy atom. The summed E-state index contributed by atoms with van der Waals surface area (Å²) < 4.78 is 1.47. The molecule has 0 atom stereocenters. The zero-order chi connectivity index (χ0) is 16.6. The third-order valence-electron chi connectivity index (χ3n) is 3.94. The second kappa shape index (κ2) is 5.68. The first kappa shape index (κ1) is 15.0. The molecule has 3 aromatic rings. The number of amides is 1. The first-order chi connectivity index (χ1) is 11.0. The molecular weight excluding hydrogens is 290 g/mol. The number of nitrogens with one attached hydrogen (secondary N) is 1. The van der Waals surface area contributed by atoms with Crippen LogP contribution < -0.4 is 10.9 Å². The van der Waals surface area contributed by atoms with Gasteiger partial charge in [-0.1, -0.05) is 18.2 Å². The SMILES string of the molecule is Cc1cc2nc(C(=O)Nc3ccccc3)c(=O)n(C)c2cc1C. The molecular formula is C18H17N3O2. The van der Waals surface area contributed by atoms with Crippen LogP contribution in [0.15, 0.2) is 47.3 Å². The van der Waals surface area contributed by atoms with Crippen molar-refractivity contribution in [3.63, 3.8) is 0 Å². The van der Waals surface area contributed by atoms with E-state index in [1.165, 1.54) is 4.57 Å². The molecule has 3 rings (SSSR count). The summed E-state index contributed by atoms with van der Waals surface area (Å²) in [4.78, 5) is 29.1. The van der Waals surface area contributed by atoms with E-state index in [0.29, 0.717) is 11.2 Å². The number of rotatable bonds is 2. The van der Waals surface area contributed by atoms with Crippen molar-refractivity contribution in [1.29, 1.82) is 0 Å². The van der Waals surface area contributed by atoms with Crippen molar-refractivity contribution in [2.45, 2.75) is 13.8 Å². The van der Waals surface area contributed by atoms with E-state index in [0.717, 1.165) is 16.6 Å². The molecule has 0 saturated carbocycles. The molecule has 1 amide bonds. The van der Waals surface area contributed by atoms with Gasteiger partial charge < -0.3 is 9.88 Å². The number of aryl methyl sites for hydroxylation is 3. The van der Waals surface area contributed by atoms with Gasteiger partial charge in [-0.15, -0.1) is 0 Å². The number of anilines is 1. The van der Waals surface area contributed by atoms with E-state index in [9.17, 15) is 9.59 Å². The van der Waals surface area contributed by atoms with Gasteiger partial charge in [-0.2, -0.15) is 0 Å². The van der Waals surface area contributed by atoms with Gasteiger partial charge in [-0.3, -0.25) is 9.59 Å². The van der Waals surface area contributed by atoms with E-state index in [2.05, 4.69) is 10.3 Å². The Balaban J connectivity index is 2.11. The molecule has 0 unspecified atom stereocenters. The van der Waals surface area contributed by atoms with E-state index in [4.69, 9.17) is 0 Å². The molecule has 1 aromatic heterocycles. The average Bonchev–Trinajstić information content (AvgIpc) is 2.54. The molecule has 0 radical (unpaired) electrons. The highest BCUT2D eigenvalue weighted by atomic mass is 16.2. The molecule has 0 spiro atoms. The molecule has 0 aliphatic heterocycles. The number of nitrogens with zero attached hydrogens (tertiary/aromatic N) is 2. The number of para-hydroxylation sites is 1. The van der Waals surface area contributed by atoms with E-state index in [1.54, 1.807) is 19.2 Å². The summed E-state index contributed by atoms with van der Waals surface area (Å²) in [6, 6.07) is 12.8. The number of carbonyl (C=O) groups excluding carboxylic acids is 1. The maximum Gasteiger partial charge on any atom is 0.282 e. The van der Waals surface area contributed by atoms with Crippen molar-refractivity contribution >= 4 is 22.6 Å². The largest absolute Gasteiger partial charge is 0.320 e. The lowest BCUT2D eigenvalue weighted by molar-refractivity contribution is 0.102. The number of fused-ring (bicyclic) bond motifs is 1. The van der Waals surface area contributed by atoms with Crippen LogP contribution in [-0.4, -0.2) is 15.5 Å². The van der Waals surface area contributed by atoms with Gasteiger partial charge in [0, 0.05) is 12.7 Å². The lowest BCUT2D eigenvalue weighted by Gasteiger charge is -2.10. The smallest absolute Gasteiger partial charge is 0.282 e. The Labute approximate surface area is 133 Å². The Kier molecular flexibility index (Phi) is 3.70. The Morgan fingerprint density at radius 3 is 2.43 bits per heavy atom. The van der Waals surface area contributed by atoms with Crippen LogP contribution in [0.5, 0.6) is 0 Å². The Bertz CT molecular complexity index is 959. The fraction of sp³-hybridized carbons (Fsp3) is 0.167. The van der Waals surface area contributed by atoms with Gasteiger partial charge in [0.25, 0.3) is 11.5 Å². The second-order valence-electron chi connectivity index (χ2n) is 5.57. The van der Waals surface area contributed by atoms with E-state index in [-0.39, 0.29) is 5.69 Å². The quantitative estimate of drug-likeness (QED) is 0.792. The summed E-state index contributed by atoms with van der Waals surface area (Å²) >= 11 is 0. The normalized spacial score (nSPS) is 10.7. The minimum Gasteiger partial charge on any atom is -0.320 e. The second-order valence-corrected chi connectivity index (χ2v) is 5.57. The van der Waals surface area contributed by atoms with Crippen molar-refractivity contribution in [3.8, 4) is 0 Å². The van der Waals surface area contributed by atoms with Crippen molar-refractivity contribution in [1.82, 2.24) is 9.55 Å². The van der Waals surface area contributed by atoms with E-state index < -0.39 is 11.5 Å². The standard InChI is InChI=1S/C18H17N3O2/c1-11-9-14-15(10-12(11)2)21(3)18(23)16(20-14)17(22)19-13-7-5-4-6-8-13/h4-10H,1-3H3,(H,19,22). The zero-order valence-electron chi connectivity index (χ0n) is 13.3. The summed E-state index contributed by atoms with van der Waals surface area (Å²) in [5.41, 5.74) is 3.61. The summed E-state index contributed by atoms with van der Waals surface area (Å²) in [6.07, 6.45) is 0. The van der Waals surface area contributed by atoms with Crippen molar-refractivity contribution in [3.05, 3.63) is 69.6 Å². The number of carbonyl (C=O) groups is 1. The van der Waals surface area contributed by atoms with Crippen LogP contribution in [0, 0.1) is 13.8 Å². The van der Waals surface area contributed by atoms with Gasteiger partial charge in [0.1, 0.15) is 0 Å². The summed E-state index contributed by atoms with van der Waals surface area (Å²) in [7, 11) is 1.65. The van der Waals surface area contributed by atoms with Crippen molar-refractivity contribution in [2.75, 3.05) is 5.32 Å². The third-order valence-corrected chi connectivity index (χ3v) is 3.94. The van der Waals surface area contributed by atoms with Gasteiger partial charge in [-0.05, 0) is 49.2 Å². The number of benzene rings is 2. The van der Waals surface area contributed by atoms with Crippen molar-refractivity contribution in [2.24, 2.45) is 7.05 Å². The fourth-order valence-electron chi connectivity index (χ4n) is 2.44. The van der Waals surface area contributed by atoms with Gasteiger partial charge in [-0.25, -0.2) is 4.98 Å². The Morgan fingerprint density at radius 1 is 1.09 bits per heavy atom. The summed E-state index contributed by atoms with van der Waals surface area (Å²) in [5.74, 6) is -0.503. The molecule has 23 heavy (non-hydrogen) atoms. The Hall–Kier alpha value is -2.95. The summed E-state index contributed by atoms with van der Waals surface area (Å²) in [6.45, 7) is 3.96. The van der Waals surface area contributed by atoms with E-state index >= 15 is 0 Å². The van der Waals surface area contributed by atoms with Crippen LogP contribution in [0.3, 0.4) is 0 Å². The van der Waals surface area contributed by atoms with Crippen LogP contribution in [0.2, 0.25) is 0 Å². The minimum atomic E-state index is -0.503. The molecule has 1 heterocycles. The predicted molar refractivity (Wildman–Crippen MR) is 90.9 cm³/mol. The molecule has 0 saturated heterocycles. The van der Waals surface area contributed by atoms with Gasteiger partial charge in [0.2, 0.25) is 0 Å². The van der Waals surface area contributed by atoms with Crippen LogP contribution in [0.4, 0.5) is 5.69 Å². The maximum atomic E-state index is 12.5. The predicted octanol–water partition coefficient (Wildman–Crippen LogP) is 2.80. The molecule has 0 aliphatic carbocycles. The first-order valence-corrected chi connectivity index (χ1v) is 7.32. The molecule has 0 aliphatic rings. The van der Waals surface area contributed by atoms with Crippen LogP contribution in [0.25, 0.3) is 11.0 Å². The maximum absolute atomic E-state index is 12.5.